The van der Waals surface area contributed by atoms with Gasteiger partial charge in [-0.1, -0.05) is 43.3 Å². The molecule has 0 spiro atoms. The third-order valence-corrected chi connectivity index (χ3v) is 4.24. The SMILES string of the molecule is CCC(C)NC(=O)c1cccc(NCC(=O)NC(C)c2ccccc2)c1. The molecule has 2 amide bonds. The Morgan fingerprint density at radius 3 is 2.38 bits per heavy atom. The first-order valence-corrected chi connectivity index (χ1v) is 8.98. The minimum absolute atomic E-state index is 0.0573. The molecule has 0 bridgehead atoms. The fourth-order valence-electron chi connectivity index (χ4n) is 2.48. The summed E-state index contributed by atoms with van der Waals surface area (Å²) >= 11 is 0. The predicted molar refractivity (Wildman–Crippen MR) is 105 cm³/mol. The summed E-state index contributed by atoms with van der Waals surface area (Å²) in [5.41, 5.74) is 2.38. The summed E-state index contributed by atoms with van der Waals surface area (Å²) in [5, 5.41) is 8.96. The molecule has 2 rings (SSSR count). The van der Waals surface area contributed by atoms with Crippen LogP contribution in [0.3, 0.4) is 0 Å². The van der Waals surface area contributed by atoms with Crippen molar-refractivity contribution >= 4 is 17.5 Å². The molecule has 0 aliphatic heterocycles. The van der Waals surface area contributed by atoms with Crippen LogP contribution in [0.25, 0.3) is 0 Å². The smallest absolute Gasteiger partial charge is 0.251 e. The highest BCUT2D eigenvalue weighted by molar-refractivity contribution is 5.95. The van der Waals surface area contributed by atoms with Gasteiger partial charge in [-0.25, -0.2) is 0 Å². The lowest BCUT2D eigenvalue weighted by atomic mass is 10.1. The third kappa shape index (κ3) is 5.92. The number of anilines is 1. The van der Waals surface area contributed by atoms with Crippen LogP contribution in [0.15, 0.2) is 54.6 Å². The molecular weight excluding hydrogens is 326 g/mol. The zero-order chi connectivity index (χ0) is 18.9. The van der Waals surface area contributed by atoms with E-state index in [2.05, 4.69) is 16.0 Å². The minimum atomic E-state index is -0.106. The van der Waals surface area contributed by atoms with E-state index in [1.807, 2.05) is 57.2 Å². The lowest BCUT2D eigenvalue weighted by Gasteiger charge is -2.15. The summed E-state index contributed by atoms with van der Waals surface area (Å²) in [7, 11) is 0. The van der Waals surface area contributed by atoms with Gasteiger partial charge < -0.3 is 16.0 Å². The molecule has 2 aromatic rings. The van der Waals surface area contributed by atoms with E-state index >= 15 is 0 Å². The second-order valence-corrected chi connectivity index (χ2v) is 6.42. The van der Waals surface area contributed by atoms with Crippen molar-refractivity contribution in [2.45, 2.75) is 39.3 Å². The Bertz CT molecular complexity index is 731. The molecule has 2 atom stereocenters. The van der Waals surface area contributed by atoms with E-state index in [4.69, 9.17) is 0 Å². The van der Waals surface area contributed by atoms with Crippen LogP contribution in [0, 0.1) is 0 Å². The molecule has 0 aliphatic carbocycles. The number of carbonyl (C=O) groups excluding carboxylic acids is 2. The molecule has 26 heavy (non-hydrogen) atoms. The summed E-state index contributed by atoms with van der Waals surface area (Å²) < 4.78 is 0. The molecule has 5 heteroatoms. The first kappa shape index (κ1) is 19.5. The maximum atomic E-state index is 12.2. The van der Waals surface area contributed by atoms with Gasteiger partial charge in [-0.05, 0) is 44.0 Å². The molecule has 0 aromatic heterocycles. The molecule has 138 valence electrons. The van der Waals surface area contributed by atoms with Crippen molar-refractivity contribution in [3.8, 4) is 0 Å². The van der Waals surface area contributed by atoms with Crippen LogP contribution in [0.1, 0.15) is 49.2 Å². The normalized spacial score (nSPS) is 12.7. The van der Waals surface area contributed by atoms with Gasteiger partial charge in [-0.15, -0.1) is 0 Å². The largest absolute Gasteiger partial charge is 0.376 e. The second kappa shape index (κ2) is 9.61. The Kier molecular flexibility index (Phi) is 7.21. The van der Waals surface area contributed by atoms with Crippen LogP contribution >= 0.6 is 0 Å². The summed E-state index contributed by atoms with van der Waals surface area (Å²) in [6.07, 6.45) is 0.878. The molecule has 5 nitrogen and oxygen atoms in total. The molecule has 0 fully saturated rings. The molecule has 0 saturated carbocycles. The van der Waals surface area contributed by atoms with Crippen molar-refractivity contribution in [3.63, 3.8) is 0 Å². The number of amides is 2. The Morgan fingerprint density at radius 2 is 1.69 bits per heavy atom. The molecule has 2 unspecified atom stereocenters. The van der Waals surface area contributed by atoms with Gasteiger partial charge in [0, 0.05) is 17.3 Å². The fourth-order valence-corrected chi connectivity index (χ4v) is 2.48. The van der Waals surface area contributed by atoms with Crippen molar-refractivity contribution in [2.24, 2.45) is 0 Å². The predicted octanol–water partition coefficient (Wildman–Crippen LogP) is 3.50. The number of benzene rings is 2. The summed E-state index contributed by atoms with van der Waals surface area (Å²) in [4.78, 5) is 24.3. The minimum Gasteiger partial charge on any atom is -0.376 e. The Labute approximate surface area is 155 Å². The van der Waals surface area contributed by atoms with E-state index in [1.165, 1.54) is 0 Å². The maximum Gasteiger partial charge on any atom is 0.251 e. The summed E-state index contributed by atoms with van der Waals surface area (Å²) in [6.45, 7) is 6.09. The first-order valence-electron chi connectivity index (χ1n) is 8.98. The van der Waals surface area contributed by atoms with Crippen molar-refractivity contribution < 1.29 is 9.59 Å². The average Bonchev–Trinajstić information content (AvgIpc) is 2.67. The summed E-state index contributed by atoms with van der Waals surface area (Å²) in [6, 6.07) is 17.1. The Balaban J connectivity index is 1.88. The zero-order valence-electron chi connectivity index (χ0n) is 15.6. The maximum absolute atomic E-state index is 12.2. The first-order chi connectivity index (χ1) is 12.5. The number of nitrogens with one attached hydrogen (secondary N) is 3. The lowest BCUT2D eigenvalue weighted by molar-refractivity contribution is -0.120. The number of hydrogen-bond acceptors (Lipinski definition) is 3. The van der Waals surface area contributed by atoms with Gasteiger partial charge in [0.2, 0.25) is 5.91 Å². The Hall–Kier alpha value is -2.82. The van der Waals surface area contributed by atoms with Gasteiger partial charge in [0.15, 0.2) is 0 Å². The molecule has 2 aromatic carbocycles. The fraction of sp³-hybridized carbons (Fsp3) is 0.333. The van der Waals surface area contributed by atoms with Crippen LogP contribution in [-0.2, 0) is 4.79 Å². The van der Waals surface area contributed by atoms with Crippen LogP contribution in [-0.4, -0.2) is 24.4 Å². The van der Waals surface area contributed by atoms with E-state index in [9.17, 15) is 9.59 Å². The van der Waals surface area contributed by atoms with Gasteiger partial charge in [0.05, 0.1) is 12.6 Å². The van der Waals surface area contributed by atoms with Crippen LogP contribution in [0.5, 0.6) is 0 Å². The highest BCUT2D eigenvalue weighted by Crippen LogP contribution is 2.12. The van der Waals surface area contributed by atoms with E-state index < -0.39 is 0 Å². The second-order valence-electron chi connectivity index (χ2n) is 6.42. The number of hydrogen-bond donors (Lipinski definition) is 3. The van der Waals surface area contributed by atoms with E-state index in [0.29, 0.717) is 5.56 Å². The summed E-state index contributed by atoms with van der Waals surface area (Å²) in [5.74, 6) is -0.207. The third-order valence-electron chi connectivity index (χ3n) is 4.24. The van der Waals surface area contributed by atoms with Gasteiger partial charge in [0.1, 0.15) is 0 Å². The average molecular weight is 353 g/mol. The van der Waals surface area contributed by atoms with E-state index in [1.54, 1.807) is 18.2 Å². The molecule has 0 heterocycles. The highest BCUT2D eigenvalue weighted by atomic mass is 16.2. The van der Waals surface area contributed by atoms with Crippen LogP contribution in [0.2, 0.25) is 0 Å². The van der Waals surface area contributed by atoms with E-state index in [-0.39, 0.29) is 30.4 Å². The topological polar surface area (TPSA) is 70.2 Å². The molecule has 0 aliphatic rings. The van der Waals surface area contributed by atoms with Crippen molar-refractivity contribution in [1.82, 2.24) is 10.6 Å². The molecule has 0 radical (unpaired) electrons. The molecule has 3 N–H and O–H groups in total. The quantitative estimate of drug-likeness (QED) is 0.680. The van der Waals surface area contributed by atoms with Crippen molar-refractivity contribution in [3.05, 3.63) is 65.7 Å². The van der Waals surface area contributed by atoms with Gasteiger partial charge in [-0.3, -0.25) is 9.59 Å². The van der Waals surface area contributed by atoms with Gasteiger partial charge in [0.25, 0.3) is 5.91 Å². The molecule has 0 saturated heterocycles. The lowest BCUT2D eigenvalue weighted by Crippen LogP contribution is -2.32. The standard InChI is InChI=1S/C21H27N3O2/c1-4-15(2)23-21(26)18-11-8-12-19(13-18)22-14-20(25)24-16(3)17-9-6-5-7-10-17/h5-13,15-16,22H,4,14H2,1-3H3,(H,23,26)(H,24,25). The monoisotopic (exact) mass is 353 g/mol. The van der Waals surface area contributed by atoms with Crippen LogP contribution in [0.4, 0.5) is 5.69 Å². The highest BCUT2D eigenvalue weighted by Gasteiger charge is 2.11. The Morgan fingerprint density at radius 1 is 0.962 bits per heavy atom. The van der Waals surface area contributed by atoms with Gasteiger partial charge in [-0.2, -0.15) is 0 Å². The van der Waals surface area contributed by atoms with Crippen molar-refractivity contribution in [2.75, 3.05) is 11.9 Å². The van der Waals surface area contributed by atoms with Crippen molar-refractivity contribution in [1.29, 1.82) is 0 Å². The molecular formula is C21H27N3O2. The number of carbonyl (C=O) groups is 2. The van der Waals surface area contributed by atoms with Crippen LogP contribution < -0.4 is 16.0 Å². The number of rotatable bonds is 8. The zero-order valence-corrected chi connectivity index (χ0v) is 15.6. The van der Waals surface area contributed by atoms with Gasteiger partial charge >= 0.3 is 0 Å². The van der Waals surface area contributed by atoms with E-state index in [0.717, 1.165) is 17.7 Å².